The molecule has 0 N–H and O–H groups in total. The molecule has 2 amide bonds. The molecule has 1 fully saturated rings. The summed E-state index contributed by atoms with van der Waals surface area (Å²) >= 11 is 0. The zero-order valence-electron chi connectivity index (χ0n) is 18.7. The van der Waals surface area contributed by atoms with Gasteiger partial charge in [-0.25, -0.2) is 17.5 Å². The van der Waals surface area contributed by atoms with Crippen LogP contribution in [-0.4, -0.2) is 80.9 Å². The van der Waals surface area contributed by atoms with Gasteiger partial charge < -0.3 is 14.5 Å². The van der Waals surface area contributed by atoms with Crippen LogP contribution in [0, 0.1) is 5.92 Å². The first-order valence-corrected chi connectivity index (χ1v) is 11.5. The highest BCUT2D eigenvalue weighted by Gasteiger charge is 2.30. The Morgan fingerprint density at radius 2 is 1.60 bits per heavy atom. The van der Waals surface area contributed by atoms with Crippen LogP contribution < -0.4 is 0 Å². The van der Waals surface area contributed by atoms with Crippen LogP contribution in [0.25, 0.3) is 0 Å². The van der Waals surface area contributed by atoms with Crippen molar-refractivity contribution in [3.8, 4) is 0 Å². The molecule has 0 saturated carbocycles. The van der Waals surface area contributed by atoms with Crippen molar-refractivity contribution in [2.45, 2.75) is 44.1 Å². The van der Waals surface area contributed by atoms with Crippen LogP contribution in [-0.2, 0) is 14.8 Å². The minimum absolute atomic E-state index is 0.159. The third-order valence-electron chi connectivity index (χ3n) is 5.00. The summed E-state index contributed by atoms with van der Waals surface area (Å²) in [5, 5.41) is 0. The summed E-state index contributed by atoms with van der Waals surface area (Å²) in [6.07, 6.45) is 1.11. The van der Waals surface area contributed by atoms with Crippen LogP contribution in [0.1, 0.15) is 44.0 Å². The van der Waals surface area contributed by atoms with Crippen molar-refractivity contribution in [2.24, 2.45) is 5.92 Å². The number of hydrogen-bond acceptors (Lipinski definition) is 5. The number of piperidine rings is 1. The first kappa shape index (κ1) is 24.1. The summed E-state index contributed by atoms with van der Waals surface area (Å²) < 4.78 is 32.5. The molecule has 0 spiro atoms. The summed E-state index contributed by atoms with van der Waals surface area (Å²) in [6.45, 7) is 6.98. The molecule has 9 heteroatoms. The highest BCUT2D eigenvalue weighted by Crippen LogP contribution is 2.23. The first-order chi connectivity index (χ1) is 13.8. The van der Waals surface area contributed by atoms with Gasteiger partial charge in [0.25, 0.3) is 5.91 Å². The lowest BCUT2D eigenvalue weighted by molar-refractivity contribution is 0.0179. The second-order valence-corrected chi connectivity index (χ2v) is 11.0. The normalized spacial score (nSPS) is 15.9. The molecule has 0 bridgehead atoms. The molecular weight excluding hydrogens is 406 g/mol. The summed E-state index contributed by atoms with van der Waals surface area (Å²) in [5.74, 6) is -0.0119. The van der Waals surface area contributed by atoms with E-state index < -0.39 is 15.6 Å². The molecule has 1 aromatic carbocycles. The molecule has 1 aromatic rings. The van der Waals surface area contributed by atoms with Gasteiger partial charge in [0.05, 0.1) is 4.90 Å². The molecule has 1 aliphatic heterocycles. The Morgan fingerprint density at radius 1 is 1.07 bits per heavy atom. The highest BCUT2D eigenvalue weighted by molar-refractivity contribution is 7.89. The smallest absolute Gasteiger partial charge is 0.410 e. The van der Waals surface area contributed by atoms with Crippen LogP contribution in [0.4, 0.5) is 4.79 Å². The molecule has 168 valence electrons. The number of carbonyl (C=O) groups excluding carboxylic acids is 2. The van der Waals surface area contributed by atoms with Gasteiger partial charge in [0.15, 0.2) is 0 Å². The van der Waals surface area contributed by atoms with Crippen LogP contribution in [0.15, 0.2) is 29.2 Å². The summed E-state index contributed by atoms with van der Waals surface area (Å²) in [4.78, 5) is 27.4. The van der Waals surface area contributed by atoms with Crippen LogP contribution in [0.5, 0.6) is 0 Å². The molecule has 0 radical (unpaired) electrons. The minimum Gasteiger partial charge on any atom is -0.444 e. The van der Waals surface area contributed by atoms with Gasteiger partial charge in [-0.2, -0.15) is 0 Å². The number of carbonyl (C=O) groups is 2. The van der Waals surface area contributed by atoms with E-state index in [9.17, 15) is 18.0 Å². The first-order valence-electron chi connectivity index (χ1n) is 10.1. The van der Waals surface area contributed by atoms with Gasteiger partial charge in [-0.15, -0.1) is 0 Å². The number of hydrogen-bond donors (Lipinski definition) is 0. The molecule has 0 unspecified atom stereocenters. The SMILES string of the molecule is CN(C)C(=O)c1ccc(S(=O)(=O)N(C)CC2CCN(C(=O)OC(C)(C)C)CC2)cc1. The second-order valence-electron chi connectivity index (χ2n) is 8.92. The van der Waals surface area contributed by atoms with E-state index in [1.807, 2.05) is 20.8 Å². The molecule has 2 rings (SSSR count). The zero-order chi connectivity index (χ0) is 22.7. The number of rotatable bonds is 5. The molecule has 30 heavy (non-hydrogen) atoms. The fourth-order valence-electron chi connectivity index (χ4n) is 3.29. The lowest BCUT2D eigenvalue weighted by Gasteiger charge is -2.34. The van der Waals surface area contributed by atoms with E-state index in [0.717, 1.165) is 12.8 Å². The van der Waals surface area contributed by atoms with Gasteiger partial charge in [-0.05, 0) is 63.8 Å². The number of nitrogens with zero attached hydrogens (tertiary/aromatic N) is 3. The Balaban J connectivity index is 1.95. The molecule has 1 heterocycles. The molecule has 0 aromatic heterocycles. The Bertz CT molecular complexity index is 852. The average molecular weight is 440 g/mol. The summed E-state index contributed by atoms with van der Waals surface area (Å²) in [5.41, 5.74) is -0.0920. The molecule has 0 aliphatic carbocycles. The van der Waals surface area contributed by atoms with Crippen LogP contribution >= 0.6 is 0 Å². The summed E-state index contributed by atoms with van der Waals surface area (Å²) in [6, 6.07) is 5.99. The van der Waals surface area contributed by atoms with Gasteiger partial charge in [-0.1, -0.05) is 0 Å². The van der Waals surface area contributed by atoms with Crippen molar-refractivity contribution >= 4 is 22.0 Å². The van der Waals surface area contributed by atoms with Crippen molar-refractivity contribution in [3.05, 3.63) is 29.8 Å². The maximum atomic E-state index is 12.9. The van der Waals surface area contributed by atoms with Gasteiger partial charge in [0.2, 0.25) is 10.0 Å². The van der Waals surface area contributed by atoms with E-state index in [1.54, 1.807) is 26.0 Å². The molecule has 8 nitrogen and oxygen atoms in total. The third-order valence-corrected chi connectivity index (χ3v) is 6.83. The van der Waals surface area contributed by atoms with Crippen LogP contribution in [0.2, 0.25) is 0 Å². The number of likely N-dealkylation sites (tertiary alicyclic amines) is 1. The lowest BCUT2D eigenvalue weighted by Crippen LogP contribution is -2.44. The number of amides is 2. The topological polar surface area (TPSA) is 87.2 Å². The monoisotopic (exact) mass is 439 g/mol. The maximum Gasteiger partial charge on any atom is 0.410 e. The van der Waals surface area contributed by atoms with Gasteiger partial charge >= 0.3 is 6.09 Å². The van der Waals surface area contributed by atoms with E-state index in [2.05, 4.69) is 0 Å². The third kappa shape index (κ3) is 6.18. The van der Waals surface area contributed by atoms with E-state index in [4.69, 9.17) is 4.74 Å². The van der Waals surface area contributed by atoms with E-state index in [0.29, 0.717) is 25.2 Å². The highest BCUT2D eigenvalue weighted by atomic mass is 32.2. The van der Waals surface area contributed by atoms with E-state index >= 15 is 0 Å². The van der Waals surface area contributed by atoms with Crippen molar-refractivity contribution in [2.75, 3.05) is 40.8 Å². The van der Waals surface area contributed by atoms with Gasteiger partial charge in [-0.3, -0.25) is 4.79 Å². The van der Waals surface area contributed by atoms with Crippen molar-refractivity contribution in [3.63, 3.8) is 0 Å². The fourth-order valence-corrected chi connectivity index (χ4v) is 4.54. The summed E-state index contributed by atoms with van der Waals surface area (Å²) in [7, 11) is 1.21. The standard InChI is InChI=1S/C21H33N3O5S/c1-21(2,3)29-20(26)24-13-11-16(12-14-24)15-23(6)30(27,28)18-9-7-17(8-10-18)19(25)22(4)5/h7-10,16H,11-15H2,1-6H3. The molecule has 0 atom stereocenters. The quantitative estimate of drug-likeness (QED) is 0.704. The molecule has 1 saturated heterocycles. The predicted octanol–water partition coefficient (Wildman–Crippen LogP) is 2.66. The van der Waals surface area contributed by atoms with Crippen molar-refractivity contribution in [1.82, 2.24) is 14.1 Å². The largest absolute Gasteiger partial charge is 0.444 e. The zero-order valence-corrected chi connectivity index (χ0v) is 19.5. The Morgan fingerprint density at radius 3 is 2.07 bits per heavy atom. The number of benzene rings is 1. The number of sulfonamides is 1. The average Bonchev–Trinajstić information content (AvgIpc) is 2.66. The fraction of sp³-hybridized carbons (Fsp3) is 0.619. The van der Waals surface area contributed by atoms with Crippen LogP contribution in [0.3, 0.4) is 0 Å². The van der Waals surface area contributed by atoms with Crippen molar-refractivity contribution in [1.29, 1.82) is 0 Å². The molecular formula is C21H33N3O5S. The maximum absolute atomic E-state index is 12.9. The second kappa shape index (κ2) is 9.34. The van der Waals surface area contributed by atoms with Crippen molar-refractivity contribution < 1.29 is 22.7 Å². The molecule has 1 aliphatic rings. The predicted molar refractivity (Wildman–Crippen MR) is 115 cm³/mol. The van der Waals surface area contributed by atoms with Gasteiger partial charge in [0.1, 0.15) is 5.60 Å². The van der Waals surface area contributed by atoms with Gasteiger partial charge in [0, 0.05) is 46.3 Å². The van der Waals surface area contributed by atoms with E-state index in [-0.39, 0.29) is 22.8 Å². The Hall–Kier alpha value is -2.13. The minimum atomic E-state index is -3.65. The van der Waals surface area contributed by atoms with E-state index in [1.165, 1.54) is 33.5 Å². The number of ether oxygens (including phenoxy) is 1. The Labute approximate surface area is 179 Å². The lowest BCUT2D eigenvalue weighted by atomic mass is 9.97. The Kier molecular flexibility index (Phi) is 7.52.